The molecule has 8 aromatic carbocycles. The van der Waals surface area contributed by atoms with Crippen LogP contribution in [-0.2, 0) is 0 Å². The van der Waals surface area contributed by atoms with Gasteiger partial charge in [0.25, 0.3) is 0 Å². The van der Waals surface area contributed by atoms with E-state index < -0.39 is 109 Å². The van der Waals surface area contributed by atoms with Crippen molar-refractivity contribution in [2.75, 3.05) is 0 Å². The maximum absolute atomic E-state index is 9.24. The number of hydrogen-bond acceptors (Lipinski definition) is 3. The zero-order chi connectivity index (χ0) is 50.9. The van der Waals surface area contributed by atoms with Crippen molar-refractivity contribution < 1.29 is 21.9 Å². The molecule has 0 saturated heterocycles. The lowest BCUT2D eigenvalue weighted by molar-refractivity contribution is 0.893. The van der Waals surface area contributed by atoms with Gasteiger partial charge in [-0.15, -0.1) is 0 Å². The van der Waals surface area contributed by atoms with Crippen molar-refractivity contribution in [2.24, 2.45) is 0 Å². The van der Waals surface area contributed by atoms with E-state index in [1.165, 1.54) is 0 Å². The molecule has 0 unspecified atom stereocenters. The summed E-state index contributed by atoms with van der Waals surface area (Å²) in [7, 11) is 0. The standard InChI is InChI=1S/C51H33N5/c1-2-16-34(17-3-1)35-18-14-19-36(32-35)37-20-15-21-38(33-37)39-22-4-5-27-44(39)49-52-50(55-45-28-10-6-23-40(45)41-24-7-11-29-46(41)55)54-51(53-49)56-47-30-12-8-25-42(47)43-26-9-13-31-48(43)56/h1-33H/i6D,7D,8D,9D,10D,11D,12D,13D,23D,24D,25D,26D,28D,29D,30D,31D. The molecule has 0 bridgehead atoms. The minimum Gasteiger partial charge on any atom is -0.278 e. The minimum atomic E-state index is -0.699. The SMILES string of the molecule is [2H]c1c([2H])c([2H])c2c(c1[2H])c1c([2H])c([2H])c([2H])c([2H])c1n2-c1nc(-c2ccccc2-c2cccc(-c3cccc(-c4ccccc4)c3)c2)nc(-n2c3c([2H])c([2H])c([2H])c([2H])c3c3c([2H])c([2H])c([2H])c([2H])c32)n1. The van der Waals surface area contributed by atoms with Gasteiger partial charge in [0.15, 0.2) is 5.82 Å². The Morgan fingerprint density at radius 1 is 0.339 bits per heavy atom. The van der Waals surface area contributed by atoms with Crippen molar-refractivity contribution in [2.45, 2.75) is 0 Å². The van der Waals surface area contributed by atoms with Crippen molar-refractivity contribution in [3.05, 3.63) is 200 Å². The van der Waals surface area contributed by atoms with Crippen LogP contribution in [0.15, 0.2) is 200 Å². The molecule has 0 aliphatic heterocycles. The molecular weight excluding hydrogens is 683 g/mol. The predicted molar refractivity (Wildman–Crippen MR) is 230 cm³/mol. The Morgan fingerprint density at radius 2 is 0.714 bits per heavy atom. The smallest absolute Gasteiger partial charge is 0.240 e. The van der Waals surface area contributed by atoms with E-state index in [4.69, 9.17) is 31.4 Å². The van der Waals surface area contributed by atoms with Crippen molar-refractivity contribution in [3.8, 4) is 56.7 Å². The Bertz CT molecular complexity index is 3860. The third kappa shape index (κ3) is 5.21. The molecule has 0 amide bonds. The third-order valence-electron chi connectivity index (χ3n) is 9.72. The van der Waals surface area contributed by atoms with Crippen LogP contribution in [0.25, 0.3) is 100 Å². The van der Waals surface area contributed by atoms with Crippen molar-refractivity contribution in [1.82, 2.24) is 24.1 Å². The zero-order valence-electron chi connectivity index (χ0n) is 45.1. The quantitative estimate of drug-likeness (QED) is 0.171. The van der Waals surface area contributed by atoms with Crippen molar-refractivity contribution in [3.63, 3.8) is 0 Å². The van der Waals surface area contributed by atoms with Crippen LogP contribution in [-0.4, -0.2) is 24.1 Å². The van der Waals surface area contributed by atoms with E-state index in [1.807, 2.05) is 78.9 Å². The number of fused-ring (bicyclic) bond motifs is 6. The number of nitrogens with zero attached hydrogens (tertiary/aromatic N) is 5. The fraction of sp³-hybridized carbons (Fsp3) is 0. The van der Waals surface area contributed by atoms with Gasteiger partial charge in [-0.05, 0) is 69.7 Å². The van der Waals surface area contributed by atoms with E-state index in [0.717, 1.165) is 31.4 Å². The average molecular weight is 732 g/mol. The molecule has 262 valence electrons. The lowest BCUT2D eigenvalue weighted by Crippen LogP contribution is -2.10. The number of benzene rings is 8. The molecule has 0 fully saturated rings. The number of rotatable bonds is 6. The molecule has 56 heavy (non-hydrogen) atoms. The molecule has 3 heterocycles. The van der Waals surface area contributed by atoms with Gasteiger partial charge in [0.05, 0.1) is 44.0 Å². The van der Waals surface area contributed by atoms with Gasteiger partial charge in [-0.25, -0.2) is 0 Å². The highest BCUT2D eigenvalue weighted by Gasteiger charge is 2.21. The average Bonchev–Trinajstić information content (AvgIpc) is 3.96. The zero-order valence-corrected chi connectivity index (χ0v) is 29.1. The second-order valence-corrected chi connectivity index (χ2v) is 12.9. The van der Waals surface area contributed by atoms with E-state index >= 15 is 0 Å². The highest BCUT2D eigenvalue weighted by atomic mass is 15.3. The van der Waals surface area contributed by atoms with Crippen LogP contribution in [0.5, 0.6) is 0 Å². The van der Waals surface area contributed by atoms with Gasteiger partial charge in [-0.3, -0.25) is 9.13 Å². The fourth-order valence-corrected chi connectivity index (χ4v) is 7.22. The van der Waals surface area contributed by atoms with Crippen LogP contribution in [0.2, 0.25) is 0 Å². The Balaban J connectivity index is 1.28. The van der Waals surface area contributed by atoms with Gasteiger partial charge < -0.3 is 0 Å². The molecule has 11 rings (SSSR count). The Labute approximate surface area is 345 Å². The monoisotopic (exact) mass is 731 g/mol. The number of para-hydroxylation sites is 4. The van der Waals surface area contributed by atoms with Crippen molar-refractivity contribution in [1.29, 1.82) is 0 Å². The number of hydrogen-bond donors (Lipinski definition) is 0. The lowest BCUT2D eigenvalue weighted by atomic mass is 9.94. The molecule has 5 heteroatoms. The third-order valence-corrected chi connectivity index (χ3v) is 9.72. The van der Waals surface area contributed by atoms with Gasteiger partial charge in [0.1, 0.15) is 0 Å². The number of aromatic nitrogens is 5. The Kier molecular flexibility index (Phi) is 4.57. The van der Waals surface area contributed by atoms with Crippen molar-refractivity contribution >= 4 is 43.6 Å². The molecule has 0 aliphatic carbocycles. The minimum absolute atomic E-state index is 0.143. The summed E-state index contributed by atoms with van der Waals surface area (Å²) < 4.78 is 145. The molecule has 0 atom stereocenters. The molecule has 0 N–H and O–H groups in total. The summed E-state index contributed by atoms with van der Waals surface area (Å²) in [5.74, 6) is -1.08. The summed E-state index contributed by atoms with van der Waals surface area (Å²) in [4.78, 5) is 14.7. The lowest BCUT2D eigenvalue weighted by Gasteiger charge is -2.15. The van der Waals surface area contributed by atoms with Gasteiger partial charge in [0.2, 0.25) is 11.9 Å². The molecule has 0 saturated carbocycles. The van der Waals surface area contributed by atoms with Gasteiger partial charge in [-0.2, -0.15) is 15.0 Å². The van der Waals surface area contributed by atoms with Gasteiger partial charge >= 0.3 is 0 Å². The molecular formula is C51H33N5. The van der Waals surface area contributed by atoms with E-state index in [9.17, 15) is 5.48 Å². The van der Waals surface area contributed by atoms with Gasteiger partial charge in [0, 0.05) is 27.1 Å². The van der Waals surface area contributed by atoms with E-state index in [1.54, 1.807) is 18.2 Å². The van der Waals surface area contributed by atoms with Gasteiger partial charge in [-0.1, -0.05) is 164 Å². The Hall–Kier alpha value is -7.63. The normalized spacial score (nSPS) is 15.6. The summed E-state index contributed by atoms with van der Waals surface area (Å²) in [6.07, 6.45) is 0. The van der Waals surface area contributed by atoms with E-state index in [2.05, 4.69) is 6.07 Å². The van der Waals surface area contributed by atoms with Crippen LogP contribution >= 0.6 is 0 Å². The maximum Gasteiger partial charge on any atom is 0.240 e. The van der Waals surface area contributed by atoms with Crippen LogP contribution in [0.3, 0.4) is 0 Å². The van der Waals surface area contributed by atoms with Crippen LogP contribution in [0, 0.1) is 0 Å². The first-order valence-corrected chi connectivity index (χ1v) is 17.6. The second kappa shape index (κ2) is 13.0. The largest absolute Gasteiger partial charge is 0.278 e. The van der Waals surface area contributed by atoms with Crippen LogP contribution in [0.1, 0.15) is 21.9 Å². The molecule has 0 aliphatic rings. The first-order valence-electron chi connectivity index (χ1n) is 25.6. The molecule has 3 aromatic heterocycles. The molecule has 11 aromatic rings. The van der Waals surface area contributed by atoms with E-state index in [0.29, 0.717) is 16.7 Å². The highest BCUT2D eigenvalue weighted by molar-refractivity contribution is 6.10. The molecule has 0 spiro atoms. The summed E-state index contributed by atoms with van der Waals surface area (Å²) in [6, 6.07) is 22.2. The fourth-order valence-electron chi connectivity index (χ4n) is 7.22. The van der Waals surface area contributed by atoms with Crippen LogP contribution < -0.4 is 0 Å². The summed E-state index contributed by atoms with van der Waals surface area (Å²) in [5, 5.41) is -1.05. The maximum atomic E-state index is 9.24. The summed E-state index contributed by atoms with van der Waals surface area (Å²) >= 11 is 0. The molecule has 5 nitrogen and oxygen atoms in total. The molecule has 0 radical (unpaired) electrons. The first kappa shape index (κ1) is 19.6. The topological polar surface area (TPSA) is 48.5 Å². The van der Waals surface area contributed by atoms with Crippen LogP contribution in [0.4, 0.5) is 0 Å². The Morgan fingerprint density at radius 3 is 1.21 bits per heavy atom. The highest BCUT2D eigenvalue weighted by Crippen LogP contribution is 2.37. The first-order chi connectivity index (χ1) is 34.4. The predicted octanol–water partition coefficient (Wildman–Crippen LogP) is 12.7. The second-order valence-electron chi connectivity index (χ2n) is 12.9. The van der Waals surface area contributed by atoms with E-state index in [-0.39, 0.29) is 49.4 Å². The summed E-state index contributed by atoms with van der Waals surface area (Å²) in [6.45, 7) is 0. The summed E-state index contributed by atoms with van der Waals surface area (Å²) in [5.41, 5.74) is 4.12.